The van der Waals surface area contributed by atoms with Crippen LogP contribution < -0.4 is 5.32 Å². The van der Waals surface area contributed by atoms with E-state index >= 15 is 0 Å². The van der Waals surface area contributed by atoms with E-state index in [2.05, 4.69) is 5.32 Å². The van der Waals surface area contributed by atoms with Gasteiger partial charge in [0.1, 0.15) is 0 Å². The minimum atomic E-state index is -0.893. The van der Waals surface area contributed by atoms with Crippen molar-refractivity contribution < 1.29 is 14.7 Å². The highest BCUT2D eigenvalue weighted by Crippen LogP contribution is 2.30. The maximum atomic E-state index is 12.1. The van der Waals surface area contributed by atoms with Crippen molar-refractivity contribution in [1.82, 2.24) is 5.32 Å². The van der Waals surface area contributed by atoms with Crippen LogP contribution in [0.15, 0.2) is 5.38 Å². The summed E-state index contributed by atoms with van der Waals surface area (Å²) in [6.07, 6.45) is 4.32. The Morgan fingerprint density at radius 3 is 2.89 bits per heavy atom. The van der Waals surface area contributed by atoms with Crippen molar-refractivity contribution in [3.05, 3.63) is 21.4 Å². The number of carboxylic acid groups (broad SMARTS) is 1. The molecule has 1 amide bonds. The van der Waals surface area contributed by atoms with Crippen molar-refractivity contribution in [3.8, 4) is 0 Å². The van der Waals surface area contributed by atoms with E-state index in [4.69, 9.17) is 5.11 Å². The number of carboxylic acids is 1. The van der Waals surface area contributed by atoms with Gasteiger partial charge in [-0.3, -0.25) is 9.59 Å². The van der Waals surface area contributed by atoms with Crippen LogP contribution in [0.5, 0.6) is 0 Å². The lowest BCUT2D eigenvalue weighted by atomic mass is 9.95. The first-order valence-corrected chi connectivity index (χ1v) is 7.07. The summed E-state index contributed by atoms with van der Waals surface area (Å²) < 4.78 is 0. The standard InChI is InChI=1S/C13H17NO3S/c1-8(6-12(15)16)14-13(17)10-7-18-11-5-3-2-4-9(10)11/h7-8H,2-6H2,1H3,(H,14,17)(H,15,16). The first kappa shape index (κ1) is 13.1. The molecule has 1 aliphatic rings. The number of nitrogens with one attached hydrogen (secondary N) is 1. The largest absolute Gasteiger partial charge is 0.481 e. The number of amides is 1. The third-order valence-electron chi connectivity index (χ3n) is 3.16. The number of aryl methyl sites for hydroxylation is 1. The van der Waals surface area contributed by atoms with Crippen molar-refractivity contribution in [2.45, 2.75) is 45.1 Å². The Labute approximate surface area is 110 Å². The van der Waals surface area contributed by atoms with E-state index in [1.54, 1.807) is 18.3 Å². The average Bonchev–Trinajstić information content (AvgIpc) is 2.71. The Morgan fingerprint density at radius 2 is 2.17 bits per heavy atom. The number of carbonyl (C=O) groups is 2. The summed E-state index contributed by atoms with van der Waals surface area (Å²) in [5, 5.41) is 13.3. The maximum Gasteiger partial charge on any atom is 0.305 e. The first-order chi connectivity index (χ1) is 8.58. The van der Waals surface area contributed by atoms with Gasteiger partial charge in [-0.05, 0) is 38.2 Å². The molecule has 98 valence electrons. The van der Waals surface area contributed by atoms with Crippen LogP contribution in [0.25, 0.3) is 0 Å². The molecule has 1 heterocycles. The molecule has 0 bridgehead atoms. The lowest BCUT2D eigenvalue weighted by Gasteiger charge is -2.15. The van der Waals surface area contributed by atoms with E-state index in [9.17, 15) is 9.59 Å². The second-order valence-corrected chi connectivity index (χ2v) is 5.69. The smallest absolute Gasteiger partial charge is 0.305 e. The Morgan fingerprint density at radius 1 is 1.44 bits per heavy atom. The van der Waals surface area contributed by atoms with Crippen LogP contribution in [0, 0.1) is 0 Å². The summed E-state index contributed by atoms with van der Waals surface area (Å²) >= 11 is 1.64. The molecule has 4 nitrogen and oxygen atoms in total. The van der Waals surface area contributed by atoms with Crippen molar-refractivity contribution in [2.24, 2.45) is 0 Å². The van der Waals surface area contributed by atoms with Gasteiger partial charge < -0.3 is 10.4 Å². The molecule has 5 heteroatoms. The summed E-state index contributed by atoms with van der Waals surface area (Å²) in [4.78, 5) is 24.0. The van der Waals surface area contributed by atoms with Gasteiger partial charge in [-0.1, -0.05) is 0 Å². The van der Waals surface area contributed by atoms with Gasteiger partial charge in [-0.2, -0.15) is 0 Å². The Bertz CT molecular complexity index is 467. The molecule has 1 unspecified atom stereocenters. The lowest BCUT2D eigenvalue weighted by molar-refractivity contribution is -0.137. The Kier molecular flexibility index (Phi) is 4.01. The van der Waals surface area contributed by atoms with Crippen molar-refractivity contribution in [2.75, 3.05) is 0 Å². The summed E-state index contributed by atoms with van der Waals surface area (Å²) in [6, 6.07) is -0.339. The highest BCUT2D eigenvalue weighted by atomic mass is 32.1. The molecule has 0 aliphatic heterocycles. The second kappa shape index (κ2) is 5.52. The molecular formula is C13H17NO3S. The fraction of sp³-hybridized carbons (Fsp3) is 0.538. The van der Waals surface area contributed by atoms with Crippen LogP contribution in [0.4, 0.5) is 0 Å². The summed E-state index contributed by atoms with van der Waals surface area (Å²) in [6.45, 7) is 1.71. The molecule has 1 atom stereocenters. The van der Waals surface area contributed by atoms with Crippen LogP contribution in [-0.4, -0.2) is 23.0 Å². The van der Waals surface area contributed by atoms with Crippen LogP contribution in [0.1, 0.15) is 47.0 Å². The fourth-order valence-corrected chi connectivity index (χ4v) is 3.42. The molecule has 18 heavy (non-hydrogen) atoms. The molecule has 2 N–H and O–H groups in total. The van der Waals surface area contributed by atoms with Gasteiger partial charge in [0.25, 0.3) is 5.91 Å². The van der Waals surface area contributed by atoms with E-state index < -0.39 is 5.97 Å². The number of hydrogen-bond acceptors (Lipinski definition) is 3. The fourth-order valence-electron chi connectivity index (χ4n) is 2.30. The number of fused-ring (bicyclic) bond motifs is 1. The summed E-state index contributed by atoms with van der Waals surface area (Å²) in [7, 11) is 0. The van der Waals surface area contributed by atoms with Crippen molar-refractivity contribution >= 4 is 23.2 Å². The van der Waals surface area contributed by atoms with Crippen molar-refractivity contribution in [3.63, 3.8) is 0 Å². The maximum absolute atomic E-state index is 12.1. The molecule has 0 fully saturated rings. The quantitative estimate of drug-likeness (QED) is 0.879. The molecule has 0 aromatic carbocycles. The first-order valence-electron chi connectivity index (χ1n) is 6.20. The number of hydrogen-bond donors (Lipinski definition) is 2. The molecule has 2 rings (SSSR count). The van der Waals surface area contributed by atoms with Gasteiger partial charge in [0.2, 0.25) is 0 Å². The van der Waals surface area contributed by atoms with E-state index in [-0.39, 0.29) is 18.4 Å². The Balaban J connectivity index is 2.05. The van der Waals surface area contributed by atoms with Gasteiger partial charge in [-0.15, -0.1) is 11.3 Å². The Hall–Kier alpha value is -1.36. The minimum absolute atomic E-state index is 0.0436. The zero-order valence-electron chi connectivity index (χ0n) is 10.4. The van der Waals surface area contributed by atoms with Gasteiger partial charge in [0, 0.05) is 16.3 Å². The van der Waals surface area contributed by atoms with Gasteiger partial charge >= 0.3 is 5.97 Å². The van der Waals surface area contributed by atoms with Crippen LogP contribution in [-0.2, 0) is 17.6 Å². The van der Waals surface area contributed by atoms with E-state index in [0.717, 1.165) is 24.8 Å². The SMILES string of the molecule is CC(CC(=O)O)NC(=O)c1csc2c1CCCC2. The number of rotatable bonds is 4. The summed E-state index contributed by atoms with van der Waals surface area (Å²) in [5.41, 5.74) is 1.92. The zero-order valence-corrected chi connectivity index (χ0v) is 11.2. The third-order valence-corrected chi connectivity index (χ3v) is 4.25. The molecule has 0 saturated carbocycles. The van der Waals surface area contributed by atoms with E-state index in [0.29, 0.717) is 0 Å². The third kappa shape index (κ3) is 2.90. The van der Waals surface area contributed by atoms with Crippen LogP contribution >= 0.6 is 11.3 Å². The predicted octanol–water partition coefficient (Wildman–Crippen LogP) is 2.22. The van der Waals surface area contributed by atoms with E-state index in [1.807, 2.05) is 5.38 Å². The zero-order chi connectivity index (χ0) is 13.1. The average molecular weight is 267 g/mol. The number of aliphatic carboxylic acids is 1. The van der Waals surface area contributed by atoms with E-state index in [1.165, 1.54) is 16.9 Å². The molecule has 1 aromatic heterocycles. The predicted molar refractivity (Wildman–Crippen MR) is 70.1 cm³/mol. The second-order valence-electron chi connectivity index (χ2n) is 4.73. The highest BCUT2D eigenvalue weighted by Gasteiger charge is 2.21. The lowest BCUT2D eigenvalue weighted by Crippen LogP contribution is -2.34. The molecule has 1 aromatic rings. The van der Waals surface area contributed by atoms with Crippen LogP contribution in [0.3, 0.4) is 0 Å². The molecule has 1 aliphatic carbocycles. The van der Waals surface area contributed by atoms with Gasteiger partial charge in [0.05, 0.1) is 12.0 Å². The topological polar surface area (TPSA) is 66.4 Å². The highest BCUT2D eigenvalue weighted by molar-refractivity contribution is 7.10. The van der Waals surface area contributed by atoms with Gasteiger partial charge in [-0.25, -0.2) is 0 Å². The van der Waals surface area contributed by atoms with Gasteiger partial charge in [0.15, 0.2) is 0 Å². The van der Waals surface area contributed by atoms with Crippen molar-refractivity contribution in [1.29, 1.82) is 0 Å². The number of carbonyl (C=O) groups excluding carboxylic acids is 1. The minimum Gasteiger partial charge on any atom is -0.481 e. The monoisotopic (exact) mass is 267 g/mol. The molecule has 0 radical (unpaired) electrons. The molecule has 0 saturated heterocycles. The summed E-state index contributed by atoms with van der Waals surface area (Å²) in [5.74, 6) is -1.03. The molecule has 0 spiro atoms. The normalized spacial score (nSPS) is 15.8. The molecular weight excluding hydrogens is 250 g/mol. The number of thiophene rings is 1. The van der Waals surface area contributed by atoms with Crippen LogP contribution in [0.2, 0.25) is 0 Å².